The molecule has 1 saturated carbocycles. The van der Waals surface area contributed by atoms with Crippen LogP contribution in [0.15, 0.2) is 48.5 Å². The summed E-state index contributed by atoms with van der Waals surface area (Å²) in [4.78, 5) is 36.1. The van der Waals surface area contributed by atoms with Crippen LogP contribution in [0.5, 0.6) is 0 Å². The third kappa shape index (κ3) is 10.9. The molecule has 4 fully saturated rings. The normalized spacial score (nSPS) is 24.6. The molecule has 0 bridgehead atoms. The Morgan fingerprint density at radius 1 is 0.878 bits per heavy atom. The van der Waals surface area contributed by atoms with Crippen LogP contribution >= 0.6 is 11.8 Å². The molecular formula is C38H54N6O4S. The number of urea groups is 1. The van der Waals surface area contributed by atoms with Crippen LogP contribution in [0.2, 0.25) is 0 Å². The van der Waals surface area contributed by atoms with E-state index in [1.54, 1.807) is 0 Å². The van der Waals surface area contributed by atoms with Crippen molar-refractivity contribution in [2.24, 2.45) is 0 Å². The van der Waals surface area contributed by atoms with Gasteiger partial charge in [0.05, 0.1) is 18.7 Å². The summed E-state index contributed by atoms with van der Waals surface area (Å²) in [7, 11) is 0. The van der Waals surface area contributed by atoms with Crippen molar-refractivity contribution in [3.63, 3.8) is 0 Å². The van der Waals surface area contributed by atoms with Gasteiger partial charge in [-0.15, -0.1) is 0 Å². The second-order valence-corrected chi connectivity index (χ2v) is 15.3. The van der Waals surface area contributed by atoms with Crippen LogP contribution in [0.3, 0.4) is 0 Å². The predicted molar refractivity (Wildman–Crippen MR) is 196 cm³/mol. The summed E-state index contributed by atoms with van der Waals surface area (Å²) in [6.45, 7) is 4.32. The Balaban J connectivity index is 0.770. The minimum Gasteiger partial charge on any atom is -0.380 e. The number of benzene rings is 2. The number of ether oxygens (including phenoxy) is 1. The second-order valence-electron chi connectivity index (χ2n) is 14.0. The summed E-state index contributed by atoms with van der Waals surface area (Å²) in [5.74, 6) is 1.70. The van der Waals surface area contributed by atoms with Crippen molar-refractivity contribution in [2.45, 2.75) is 99.5 Å². The van der Waals surface area contributed by atoms with Gasteiger partial charge in [-0.2, -0.15) is 11.8 Å². The fourth-order valence-corrected chi connectivity index (χ4v) is 8.89. The number of piperidine rings is 1. The highest BCUT2D eigenvalue weighted by atomic mass is 32.2. The van der Waals surface area contributed by atoms with E-state index in [1.807, 2.05) is 11.8 Å². The van der Waals surface area contributed by atoms with Gasteiger partial charge in [-0.25, -0.2) is 4.79 Å². The fraction of sp³-hybridized carbons (Fsp3) is 0.605. The Hall–Kier alpha value is -3.12. The highest BCUT2D eigenvalue weighted by Crippen LogP contribution is 2.42. The zero-order valence-electron chi connectivity index (χ0n) is 28.6. The monoisotopic (exact) mass is 690 g/mol. The lowest BCUT2D eigenvalue weighted by atomic mass is 9.99. The average Bonchev–Trinajstić information content (AvgIpc) is 3.64. The van der Waals surface area contributed by atoms with Crippen molar-refractivity contribution in [1.29, 1.82) is 0 Å². The first-order valence-electron chi connectivity index (χ1n) is 18.5. The maximum Gasteiger partial charge on any atom is 0.315 e. The van der Waals surface area contributed by atoms with E-state index in [1.165, 1.54) is 36.0 Å². The SMILES string of the molecule is O=C(CCCC[C@@H]1SC[C@@H]2NC(=O)N[C@@H]21)NCCOCCCNC(=O)CCc1cccc(-c2ccc([C@@H]3C[C@H]3NC3CCNCC3)cc2)c1. The number of nitrogens with one attached hydrogen (secondary N) is 6. The fourth-order valence-electron chi connectivity index (χ4n) is 7.34. The first-order chi connectivity index (χ1) is 24.0. The molecule has 0 radical (unpaired) electrons. The van der Waals surface area contributed by atoms with Gasteiger partial charge >= 0.3 is 6.03 Å². The zero-order chi connectivity index (χ0) is 33.8. The second kappa shape index (κ2) is 18.2. The smallest absolute Gasteiger partial charge is 0.315 e. The van der Waals surface area contributed by atoms with Crippen molar-refractivity contribution in [3.8, 4) is 11.1 Å². The van der Waals surface area contributed by atoms with Crippen LogP contribution in [0.4, 0.5) is 4.79 Å². The molecule has 11 heteroatoms. The van der Waals surface area contributed by atoms with Gasteiger partial charge in [0, 0.05) is 61.5 Å². The number of rotatable bonds is 19. The number of hydrogen-bond donors (Lipinski definition) is 6. The molecule has 3 heterocycles. The Kier molecular flexibility index (Phi) is 13.3. The van der Waals surface area contributed by atoms with E-state index in [-0.39, 0.29) is 29.9 Å². The van der Waals surface area contributed by atoms with Gasteiger partial charge < -0.3 is 36.6 Å². The quantitative estimate of drug-likeness (QED) is 0.0976. The zero-order valence-corrected chi connectivity index (χ0v) is 29.5. The molecule has 6 rings (SSSR count). The third-order valence-corrected chi connectivity index (χ3v) is 11.8. The number of fused-ring (bicyclic) bond motifs is 1. The summed E-state index contributed by atoms with van der Waals surface area (Å²) < 4.78 is 5.64. The van der Waals surface area contributed by atoms with Gasteiger partial charge in [0.1, 0.15) is 0 Å². The number of amides is 4. The van der Waals surface area contributed by atoms with E-state index < -0.39 is 0 Å². The molecular weight excluding hydrogens is 637 g/mol. The van der Waals surface area contributed by atoms with Crippen LogP contribution in [0.25, 0.3) is 11.1 Å². The number of hydrogen-bond acceptors (Lipinski definition) is 7. The standard InChI is InChI=1S/C38H54N6O4S/c45-35(8-2-1-7-34-37-33(25-49-34)43-38(47)44-37)41-20-22-48-21-4-17-40-36(46)14-9-26-5-3-6-29(23-26)27-10-12-28(13-11-27)31-24-32(31)42-30-15-18-39-19-16-30/h3,5-6,10-13,23,30-34,37,39,42H,1-2,4,7-9,14-22,24-25H2,(H,40,46)(H,41,45)(H2,43,44,47)/t31-,32+,33-,34-,37-/m0/s1. The maximum atomic E-state index is 12.5. The van der Waals surface area contributed by atoms with Crippen LogP contribution in [-0.2, 0) is 20.7 Å². The van der Waals surface area contributed by atoms with Crippen LogP contribution < -0.4 is 31.9 Å². The molecule has 3 saturated heterocycles. The lowest BCUT2D eigenvalue weighted by Crippen LogP contribution is -2.41. The van der Waals surface area contributed by atoms with Gasteiger partial charge in [0.25, 0.3) is 0 Å². The molecule has 49 heavy (non-hydrogen) atoms. The Bertz CT molecular complexity index is 1390. The lowest BCUT2D eigenvalue weighted by molar-refractivity contribution is -0.122. The number of thioether (sulfide) groups is 1. The van der Waals surface area contributed by atoms with Gasteiger partial charge in [-0.3, -0.25) is 9.59 Å². The molecule has 4 amide bonds. The van der Waals surface area contributed by atoms with E-state index in [4.69, 9.17) is 4.74 Å². The molecule has 3 aliphatic heterocycles. The minimum atomic E-state index is -0.0562. The van der Waals surface area contributed by atoms with E-state index in [0.717, 1.165) is 50.1 Å². The number of unbranched alkanes of at least 4 members (excludes halogenated alkanes) is 1. The van der Waals surface area contributed by atoms with E-state index in [2.05, 4.69) is 80.4 Å². The average molecular weight is 691 g/mol. The van der Waals surface area contributed by atoms with Gasteiger partial charge in [-0.05, 0) is 80.3 Å². The third-order valence-electron chi connectivity index (χ3n) is 10.3. The topological polar surface area (TPSA) is 133 Å². The minimum absolute atomic E-state index is 0.0507. The Labute approximate surface area is 295 Å². The first kappa shape index (κ1) is 35.7. The Morgan fingerprint density at radius 2 is 1.69 bits per heavy atom. The highest BCUT2D eigenvalue weighted by Gasteiger charge is 2.42. The summed E-state index contributed by atoms with van der Waals surface area (Å²) in [5, 5.41) is 19.6. The van der Waals surface area contributed by atoms with E-state index in [0.29, 0.717) is 68.8 Å². The molecule has 266 valence electrons. The molecule has 10 nitrogen and oxygen atoms in total. The van der Waals surface area contributed by atoms with Crippen molar-refractivity contribution in [1.82, 2.24) is 31.9 Å². The molecule has 2 aromatic rings. The molecule has 5 atom stereocenters. The van der Waals surface area contributed by atoms with E-state index >= 15 is 0 Å². The van der Waals surface area contributed by atoms with Crippen LogP contribution in [-0.4, -0.2) is 92.4 Å². The van der Waals surface area contributed by atoms with Crippen LogP contribution in [0.1, 0.15) is 74.8 Å². The van der Waals surface area contributed by atoms with Crippen LogP contribution in [0, 0.1) is 0 Å². The van der Waals surface area contributed by atoms with E-state index in [9.17, 15) is 14.4 Å². The van der Waals surface area contributed by atoms with Gasteiger partial charge in [-0.1, -0.05) is 55.0 Å². The molecule has 4 aliphatic rings. The predicted octanol–water partition coefficient (Wildman–Crippen LogP) is 3.85. The molecule has 1 aliphatic carbocycles. The highest BCUT2D eigenvalue weighted by molar-refractivity contribution is 8.00. The molecule has 0 unspecified atom stereocenters. The summed E-state index contributed by atoms with van der Waals surface area (Å²) >= 11 is 1.91. The van der Waals surface area contributed by atoms with Crippen molar-refractivity contribution in [2.75, 3.05) is 45.1 Å². The summed E-state index contributed by atoms with van der Waals surface area (Å²) in [6.07, 6.45) is 8.93. The summed E-state index contributed by atoms with van der Waals surface area (Å²) in [5.41, 5.74) is 4.99. The van der Waals surface area contributed by atoms with Gasteiger partial charge in [0.2, 0.25) is 11.8 Å². The maximum absolute atomic E-state index is 12.5. The number of carbonyl (C=O) groups is 3. The number of aryl methyl sites for hydroxylation is 1. The lowest BCUT2D eigenvalue weighted by Gasteiger charge is -2.24. The molecule has 2 aromatic carbocycles. The van der Waals surface area contributed by atoms with Crippen molar-refractivity contribution < 1.29 is 19.1 Å². The van der Waals surface area contributed by atoms with Crippen molar-refractivity contribution in [3.05, 3.63) is 59.7 Å². The van der Waals surface area contributed by atoms with Crippen molar-refractivity contribution >= 4 is 29.6 Å². The molecule has 6 N–H and O–H groups in total. The molecule has 0 spiro atoms. The first-order valence-corrected chi connectivity index (χ1v) is 19.5. The number of carbonyl (C=O) groups excluding carboxylic acids is 3. The molecule has 0 aromatic heterocycles. The Morgan fingerprint density at radius 3 is 2.55 bits per heavy atom. The summed E-state index contributed by atoms with van der Waals surface area (Å²) in [6, 6.07) is 19.3. The largest absolute Gasteiger partial charge is 0.380 e. The van der Waals surface area contributed by atoms with Gasteiger partial charge in [0.15, 0.2) is 0 Å².